The van der Waals surface area contributed by atoms with Crippen LogP contribution in [0.5, 0.6) is 11.5 Å². The van der Waals surface area contributed by atoms with Crippen LogP contribution in [0.25, 0.3) is 0 Å². The highest BCUT2D eigenvalue weighted by Crippen LogP contribution is 2.31. The van der Waals surface area contributed by atoms with Crippen molar-refractivity contribution in [2.24, 2.45) is 5.92 Å². The van der Waals surface area contributed by atoms with Gasteiger partial charge >= 0.3 is 7.12 Å². The molecule has 4 nitrogen and oxygen atoms in total. The molecule has 0 saturated heterocycles. The number of fused-ring (bicyclic) bond motifs is 1. The Balaban J connectivity index is 2.39. The first kappa shape index (κ1) is 11.3. The zero-order valence-electron chi connectivity index (χ0n) is 9.43. The van der Waals surface area contributed by atoms with Crippen LogP contribution in [0.15, 0.2) is 12.1 Å². The summed E-state index contributed by atoms with van der Waals surface area (Å²) in [5.74, 6) is 1.55. The van der Waals surface area contributed by atoms with Crippen molar-refractivity contribution < 1.29 is 19.5 Å². The van der Waals surface area contributed by atoms with Crippen molar-refractivity contribution >= 4 is 12.6 Å². The second-order valence-corrected chi connectivity index (χ2v) is 4.39. The summed E-state index contributed by atoms with van der Waals surface area (Å²) >= 11 is 0. The second kappa shape index (κ2) is 4.35. The van der Waals surface area contributed by atoms with E-state index in [1.165, 1.54) is 0 Å². The maximum absolute atomic E-state index is 9.27. The van der Waals surface area contributed by atoms with Crippen LogP contribution >= 0.6 is 0 Å². The number of rotatable bonds is 3. The van der Waals surface area contributed by atoms with Crippen LogP contribution in [-0.2, 0) is 6.42 Å². The highest BCUT2D eigenvalue weighted by atomic mass is 16.7. The van der Waals surface area contributed by atoms with E-state index in [2.05, 4.69) is 13.8 Å². The van der Waals surface area contributed by atoms with Gasteiger partial charge in [-0.2, -0.15) is 0 Å². The fourth-order valence-corrected chi connectivity index (χ4v) is 1.88. The molecule has 2 N–H and O–H groups in total. The van der Waals surface area contributed by atoms with E-state index in [0.717, 1.165) is 12.0 Å². The highest BCUT2D eigenvalue weighted by Gasteiger charge is 2.25. The summed E-state index contributed by atoms with van der Waals surface area (Å²) in [5.41, 5.74) is 1.41. The molecular formula is C11H15BO4. The lowest BCUT2D eigenvalue weighted by Crippen LogP contribution is -2.31. The average Bonchev–Trinajstić information content (AvgIpc) is 2.62. The van der Waals surface area contributed by atoms with Gasteiger partial charge in [0.25, 0.3) is 0 Å². The van der Waals surface area contributed by atoms with E-state index in [9.17, 15) is 10.0 Å². The van der Waals surface area contributed by atoms with Gasteiger partial charge in [-0.25, -0.2) is 0 Å². The molecule has 0 amide bonds. The van der Waals surface area contributed by atoms with Crippen LogP contribution in [0.2, 0.25) is 0 Å². The van der Waals surface area contributed by atoms with Crippen LogP contribution in [0.3, 0.4) is 0 Å². The summed E-state index contributed by atoms with van der Waals surface area (Å²) in [4.78, 5) is 0. The van der Waals surface area contributed by atoms with Gasteiger partial charge in [0.05, 0.1) is 0 Å². The minimum Gasteiger partial charge on any atom is -0.454 e. The van der Waals surface area contributed by atoms with Crippen molar-refractivity contribution in [3.05, 3.63) is 17.7 Å². The Morgan fingerprint density at radius 2 is 2.06 bits per heavy atom. The quantitative estimate of drug-likeness (QED) is 0.722. The number of hydrogen-bond acceptors (Lipinski definition) is 4. The first-order chi connectivity index (χ1) is 7.58. The Hall–Kier alpha value is -1.20. The maximum atomic E-state index is 9.27. The molecule has 0 aliphatic carbocycles. The van der Waals surface area contributed by atoms with Crippen molar-refractivity contribution in [2.45, 2.75) is 20.3 Å². The Morgan fingerprint density at radius 3 is 2.69 bits per heavy atom. The van der Waals surface area contributed by atoms with E-state index in [-0.39, 0.29) is 6.79 Å². The molecule has 5 heteroatoms. The van der Waals surface area contributed by atoms with Gasteiger partial charge in [-0.05, 0) is 24.0 Å². The first-order valence-electron chi connectivity index (χ1n) is 5.36. The smallest absolute Gasteiger partial charge is 0.454 e. The Kier molecular flexibility index (Phi) is 3.07. The molecule has 1 heterocycles. The van der Waals surface area contributed by atoms with Gasteiger partial charge in [-0.15, -0.1) is 0 Å². The van der Waals surface area contributed by atoms with E-state index in [1.54, 1.807) is 6.07 Å². The van der Waals surface area contributed by atoms with Gasteiger partial charge in [-0.3, -0.25) is 0 Å². The molecule has 0 saturated carbocycles. The van der Waals surface area contributed by atoms with Crippen LogP contribution in [0, 0.1) is 5.92 Å². The largest absolute Gasteiger partial charge is 0.492 e. The minimum absolute atomic E-state index is 0.139. The van der Waals surface area contributed by atoms with Crippen molar-refractivity contribution in [1.29, 1.82) is 0 Å². The first-order valence-corrected chi connectivity index (χ1v) is 5.36. The topological polar surface area (TPSA) is 58.9 Å². The van der Waals surface area contributed by atoms with Crippen LogP contribution in [-0.4, -0.2) is 24.0 Å². The molecule has 1 aromatic carbocycles. The average molecular weight is 222 g/mol. The molecule has 0 aromatic heterocycles. The van der Waals surface area contributed by atoms with Crippen LogP contribution in [0.4, 0.5) is 0 Å². The molecule has 16 heavy (non-hydrogen) atoms. The van der Waals surface area contributed by atoms with Crippen molar-refractivity contribution in [1.82, 2.24) is 0 Å². The SMILES string of the molecule is CC(C)Cc1cc2c(c(B(O)O)c1)OCO2. The predicted octanol–water partition coefficient (Wildman–Crippen LogP) is 0.294. The molecular weight excluding hydrogens is 207 g/mol. The Morgan fingerprint density at radius 1 is 1.31 bits per heavy atom. The molecule has 1 aliphatic rings. The van der Waals surface area contributed by atoms with Crippen molar-refractivity contribution in [3.8, 4) is 11.5 Å². The normalized spacial score (nSPS) is 13.3. The van der Waals surface area contributed by atoms with E-state index in [0.29, 0.717) is 22.9 Å². The zero-order valence-corrected chi connectivity index (χ0v) is 9.43. The summed E-state index contributed by atoms with van der Waals surface area (Å²) in [7, 11) is -1.53. The monoisotopic (exact) mass is 222 g/mol. The van der Waals surface area contributed by atoms with E-state index in [4.69, 9.17) is 9.47 Å². The third kappa shape index (κ3) is 2.15. The summed E-state index contributed by atoms with van der Waals surface area (Å²) < 4.78 is 10.5. The van der Waals surface area contributed by atoms with Gasteiger partial charge in [0, 0.05) is 5.46 Å². The maximum Gasteiger partial charge on any atom is 0.492 e. The summed E-state index contributed by atoms with van der Waals surface area (Å²) in [6.07, 6.45) is 0.871. The lowest BCUT2D eigenvalue weighted by atomic mass is 9.78. The third-order valence-electron chi connectivity index (χ3n) is 2.48. The van der Waals surface area contributed by atoms with Crippen LogP contribution < -0.4 is 14.9 Å². The molecule has 0 bridgehead atoms. The predicted molar refractivity (Wildman–Crippen MR) is 60.9 cm³/mol. The van der Waals surface area contributed by atoms with Crippen LogP contribution in [0.1, 0.15) is 19.4 Å². The molecule has 1 aliphatic heterocycles. The van der Waals surface area contributed by atoms with Gasteiger partial charge in [-0.1, -0.05) is 19.9 Å². The van der Waals surface area contributed by atoms with Crippen molar-refractivity contribution in [3.63, 3.8) is 0 Å². The molecule has 0 radical (unpaired) electrons. The zero-order chi connectivity index (χ0) is 11.7. The molecule has 0 spiro atoms. The van der Waals surface area contributed by atoms with Gasteiger partial charge < -0.3 is 19.5 Å². The standard InChI is InChI=1S/C11H15BO4/c1-7(2)3-8-4-9(12(13)14)11-10(5-8)15-6-16-11/h4-5,7,13-14H,3,6H2,1-2H3. The summed E-state index contributed by atoms with van der Waals surface area (Å²) in [6.45, 7) is 4.36. The van der Waals surface area contributed by atoms with Gasteiger partial charge in [0.1, 0.15) is 0 Å². The Labute approximate surface area is 95.0 Å². The van der Waals surface area contributed by atoms with E-state index in [1.807, 2.05) is 6.07 Å². The molecule has 0 fully saturated rings. The lowest BCUT2D eigenvalue weighted by Gasteiger charge is -2.10. The summed E-state index contributed by atoms with van der Waals surface area (Å²) in [5, 5.41) is 18.5. The molecule has 0 unspecified atom stereocenters. The molecule has 0 atom stereocenters. The molecule has 1 aromatic rings. The number of ether oxygens (including phenoxy) is 2. The van der Waals surface area contributed by atoms with E-state index < -0.39 is 7.12 Å². The number of hydrogen-bond donors (Lipinski definition) is 2. The minimum atomic E-state index is -1.53. The van der Waals surface area contributed by atoms with E-state index >= 15 is 0 Å². The highest BCUT2D eigenvalue weighted by molar-refractivity contribution is 6.60. The van der Waals surface area contributed by atoms with Gasteiger partial charge in [0.15, 0.2) is 11.5 Å². The second-order valence-electron chi connectivity index (χ2n) is 4.39. The fraction of sp³-hybridized carbons (Fsp3) is 0.455. The Bertz CT molecular complexity index is 390. The van der Waals surface area contributed by atoms with Gasteiger partial charge in [0.2, 0.25) is 6.79 Å². The van der Waals surface area contributed by atoms with Crippen molar-refractivity contribution in [2.75, 3.05) is 6.79 Å². The third-order valence-corrected chi connectivity index (χ3v) is 2.48. The number of benzene rings is 1. The lowest BCUT2D eigenvalue weighted by molar-refractivity contribution is 0.174. The fourth-order valence-electron chi connectivity index (χ4n) is 1.88. The summed E-state index contributed by atoms with van der Waals surface area (Å²) in [6, 6.07) is 3.66. The molecule has 2 rings (SSSR count). The molecule has 86 valence electrons.